The molecule has 4 nitrogen and oxygen atoms in total. The van der Waals surface area contributed by atoms with Crippen molar-refractivity contribution in [1.29, 1.82) is 0 Å². The number of thioether (sulfide) groups is 2. The molecule has 3 aliphatic rings. The third kappa shape index (κ3) is 6.82. The number of hydrogen-bond donors (Lipinski definition) is 1. The Morgan fingerprint density at radius 3 is 2.43 bits per heavy atom. The number of carbonyl (C=O) groups excluding carboxylic acids is 1. The molecule has 4 atom stereocenters. The van der Waals surface area contributed by atoms with Crippen LogP contribution in [0.2, 0.25) is 0 Å². The van der Waals surface area contributed by atoms with Crippen molar-refractivity contribution >= 4 is 29.4 Å². The zero-order valence-corrected chi connectivity index (χ0v) is 19.2. The molecule has 0 aromatic heterocycles. The molecule has 6 heteroatoms. The topological polar surface area (TPSA) is 49.8 Å². The van der Waals surface area contributed by atoms with Gasteiger partial charge in [-0.1, -0.05) is 25.7 Å². The predicted molar refractivity (Wildman–Crippen MR) is 119 cm³/mol. The molecular weight excluding hydrogens is 390 g/mol. The van der Waals surface area contributed by atoms with Gasteiger partial charge in [-0.05, 0) is 74.0 Å². The highest BCUT2D eigenvalue weighted by Gasteiger charge is 2.47. The minimum Gasteiger partial charge on any atom is -0.374 e. The van der Waals surface area contributed by atoms with Crippen molar-refractivity contribution < 1.29 is 14.7 Å². The Morgan fingerprint density at radius 1 is 1.00 bits per heavy atom. The van der Waals surface area contributed by atoms with Crippen LogP contribution in [0.15, 0.2) is 0 Å². The summed E-state index contributed by atoms with van der Waals surface area (Å²) in [5, 5.41) is 10.7. The number of nitrogens with zero attached hydrogens (tertiary/aromatic N) is 1. The second kappa shape index (κ2) is 12.1. The lowest BCUT2D eigenvalue weighted by Crippen LogP contribution is -2.29. The number of fused-ring (bicyclic) bond motifs is 2. The fourth-order valence-corrected chi connectivity index (χ4v) is 7.86. The van der Waals surface area contributed by atoms with Gasteiger partial charge in [0.2, 0.25) is 5.91 Å². The minimum atomic E-state index is -0.183. The van der Waals surface area contributed by atoms with Gasteiger partial charge in [0.1, 0.15) is 0 Å². The SMILES string of the molecule is CN(O)C(=O)CCCCSC[C@@H]1[C@H](CCSC2CCCCCC2)[C@@H]2CC[C@H]1O2. The molecular formula is C22H39NO3S2. The summed E-state index contributed by atoms with van der Waals surface area (Å²) in [7, 11) is 1.40. The van der Waals surface area contributed by atoms with Crippen molar-refractivity contribution in [3.05, 3.63) is 0 Å². The molecule has 28 heavy (non-hydrogen) atoms. The molecule has 0 radical (unpaired) electrons. The van der Waals surface area contributed by atoms with Gasteiger partial charge in [-0.25, -0.2) is 5.06 Å². The Balaban J connectivity index is 1.32. The normalized spacial score (nSPS) is 30.5. The van der Waals surface area contributed by atoms with Crippen LogP contribution in [-0.2, 0) is 9.53 Å². The fraction of sp³-hybridized carbons (Fsp3) is 0.955. The molecule has 3 rings (SSSR count). The molecule has 1 aliphatic carbocycles. The minimum absolute atomic E-state index is 0.183. The Morgan fingerprint density at radius 2 is 1.71 bits per heavy atom. The van der Waals surface area contributed by atoms with E-state index in [1.807, 2.05) is 11.8 Å². The van der Waals surface area contributed by atoms with Crippen molar-refractivity contribution in [3.63, 3.8) is 0 Å². The van der Waals surface area contributed by atoms with E-state index in [0.29, 0.717) is 23.7 Å². The van der Waals surface area contributed by atoms with E-state index >= 15 is 0 Å². The van der Waals surface area contributed by atoms with Crippen LogP contribution >= 0.6 is 23.5 Å². The summed E-state index contributed by atoms with van der Waals surface area (Å²) in [5.41, 5.74) is 0. The van der Waals surface area contributed by atoms with E-state index in [-0.39, 0.29) is 5.91 Å². The van der Waals surface area contributed by atoms with Crippen molar-refractivity contribution in [2.75, 3.05) is 24.3 Å². The first kappa shape index (κ1) is 22.8. The average molecular weight is 430 g/mol. The lowest BCUT2D eigenvalue weighted by molar-refractivity contribution is -0.159. The van der Waals surface area contributed by atoms with Gasteiger partial charge in [-0.15, -0.1) is 0 Å². The standard InChI is InChI=1S/C22H39NO3S2/c1-23(25)22(24)10-6-7-14-27-16-19-18(20-11-12-21(19)26-20)13-15-28-17-8-4-2-3-5-9-17/h17-21,25H,2-16H2,1H3/t18-,19+,20-,21+/m0/s1. The Hall–Kier alpha value is 0.0900. The monoisotopic (exact) mass is 429 g/mol. The van der Waals surface area contributed by atoms with Gasteiger partial charge < -0.3 is 4.74 Å². The summed E-state index contributed by atoms with van der Waals surface area (Å²) in [4.78, 5) is 11.4. The largest absolute Gasteiger partial charge is 0.374 e. The lowest BCUT2D eigenvalue weighted by atomic mass is 9.79. The van der Waals surface area contributed by atoms with Gasteiger partial charge in [0, 0.05) is 18.7 Å². The Bertz CT molecular complexity index is 469. The number of unbranched alkanes of at least 4 members (excludes halogenated alkanes) is 1. The Kier molecular flexibility index (Phi) is 9.81. The van der Waals surface area contributed by atoms with Crippen LogP contribution in [0.1, 0.15) is 77.0 Å². The molecule has 0 unspecified atom stereocenters. The molecule has 0 spiro atoms. The van der Waals surface area contributed by atoms with Gasteiger partial charge in [0.05, 0.1) is 12.2 Å². The first-order chi connectivity index (χ1) is 13.6. The molecule has 2 aliphatic heterocycles. The molecule has 2 heterocycles. The van der Waals surface area contributed by atoms with Crippen molar-refractivity contribution in [3.8, 4) is 0 Å². The average Bonchev–Trinajstić information content (AvgIpc) is 3.18. The molecule has 0 aromatic carbocycles. The van der Waals surface area contributed by atoms with Crippen LogP contribution in [0.25, 0.3) is 0 Å². The van der Waals surface area contributed by atoms with Crippen LogP contribution in [0.4, 0.5) is 0 Å². The molecule has 2 bridgehead atoms. The quantitative estimate of drug-likeness (QED) is 0.207. The number of ether oxygens (including phenoxy) is 1. The summed E-state index contributed by atoms with van der Waals surface area (Å²) in [6, 6.07) is 0. The first-order valence-electron chi connectivity index (χ1n) is 11.5. The third-order valence-corrected chi connectivity index (χ3v) is 9.41. The van der Waals surface area contributed by atoms with E-state index in [2.05, 4.69) is 11.8 Å². The summed E-state index contributed by atoms with van der Waals surface area (Å²) >= 11 is 4.29. The maximum Gasteiger partial charge on any atom is 0.245 e. The number of hydrogen-bond acceptors (Lipinski definition) is 5. The van der Waals surface area contributed by atoms with E-state index < -0.39 is 0 Å². The van der Waals surface area contributed by atoms with E-state index in [1.54, 1.807) is 0 Å². The van der Waals surface area contributed by atoms with E-state index in [4.69, 9.17) is 9.94 Å². The van der Waals surface area contributed by atoms with Gasteiger partial charge in [0.15, 0.2) is 0 Å². The molecule has 162 valence electrons. The van der Waals surface area contributed by atoms with Crippen LogP contribution in [0.5, 0.6) is 0 Å². The van der Waals surface area contributed by atoms with E-state index in [1.165, 1.54) is 76.3 Å². The molecule has 1 saturated carbocycles. The molecule has 1 amide bonds. The maximum absolute atomic E-state index is 11.4. The van der Waals surface area contributed by atoms with Crippen LogP contribution in [-0.4, -0.2) is 57.9 Å². The van der Waals surface area contributed by atoms with Crippen molar-refractivity contribution in [1.82, 2.24) is 5.06 Å². The number of hydroxylamine groups is 2. The molecule has 0 aromatic rings. The summed E-state index contributed by atoms with van der Waals surface area (Å²) in [5.74, 6) is 4.98. The van der Waals surface area contributed by atoms with E-state index in [9.17, 15) is 4.79 Å². The van der Waals surface area contributed by atoms with Gasteiger partial charge in [0.25, 0.3) is 0 Å². The van der Waals surface area contributed by atoms with Crippen LogP contribution in [0, 0.1) is 11.8 Å². The van der Waals surface area contributed by atoms with Crippen molar-refractivity contribution in [2.24, 2.45) is 11.8 Å². The molecule has 3 fully saturated rings. The predicted octanol–water partition coefficient (Wildman–Crippen LogP) is 5.38. The van der Waals surface area contributed by atoms with Gasteiger partial charge in [-0.3, -0.25) is 10.0 Å². The summed E-state index contributed by atoms with van der Waals surface area (Å²) in [6.45, 7) is 0. The van der Waals surface area contributed by atoms with Crippen LogP contribution in [0.3, 0.4) is 0 Å². The highest BCUT2D eigenvalue weighted by atomic mass is 32.2. The lowest BCUT2D eigenvalue weighted by Gasteiger charge is -2.28. The van der Waals surface area contributed by atoms with Gasteiger partial charge in [-0.2, -0.15) is 23.5 Å². The molecule has 1 N–H and O–H groups in total. The fourth-order valence-electron chi connectivity index (χ4n) is 5.14. The zero-order valence-electron chi connectivity index (χ0n) is 17.5. The van der Waals surface area contributed by atoms with Gasteiger partial charge >= 0.3 is 0 Å². The Labute approximate surface area is 179 Å². The summed E-state index contributed by atoms with van der Waals surface area (Å²) in [6.07, 6.45) is 15.9. The second-order valence-electron chi connectivity index (χ2n) is 8.84. The number of rotatable bonds is 11. The third-order valence-electron chi connectivity index (χ3n) is 6.80. The highest BCUT2D eigenvalue weighted by molar-refractivity contribution is 7.99. The smallest absolute Gasteiger partial charge is 0.245 e. The van der Waals surface area contributed by atoms with Crippen molar-refractivity contribution in [2.45, 2.75) is 94.5 Å². The second-order valence-corrected chi connectivity index (χ2v) is 11.4. The molecule has 2 saturated heterocycles. The number of amides is 1. The maximum atomic E-state index is 11.4. The van der Waals surface area contributed by atoms with Crippen LogP contribution < -0.4 is 0 Å². The zero-order chi connectivity index (χ0) is 19.8. The highest BCUT2D eigenvalue weighted by Crippen LogP contribution is 2.47. The van der Waals surface area contributed by atoms with E-state index in [0.717, 1.165) is 35.7 Å². The first-order valence-corrected chi connectivity index (χ1v) is 13.7. The summed E-state index contributed by atoms with van der Waals surface area (Å²) < 4.78 is 6.30. The number of carbonyl (C=O) groups is 1.